The van der Waals surface area contributed by atoms with Gasteiger partial charge in [-0.1, -0.05) is 18.2 Å². The number of likely N-dealkylation sites (tertiary alicyclic amines) is 1. The van der Waals surface area contributed by atoms with Gasteiger partial charge in [0.2, 0.25) is 5.91 Å². The van der Waals surface area contributed by atoms with Crippen molar-refractivity contribution in [1.29, 1.82) is 0 Å². The number of aryl methyl sites for hydroxylation is 1. The number of imidazole rings is 1. The average Bonchev–Trinajstić information content (AvgIpc) is 3.06. The Balaban J connectivity index is 1.32. The van der Waals surface area contributed by atoms with Crippen LogP contribution in [-0.2, 0) is 17.8 Å². The molecule has 0 bridgehead atoms. The van der Waals surface area contributed by atoms with Crippen molar-refractivity contribution < 1.29 is 9.53 Å². The summed E-state index contributed by atoms with van der Waals surface area (Å²) < 4.78 is 8.01. The molecule has 2 aliphatic heterocycles. The van der Waals surface area contributed by atoms with Gasteiger partial charge in [-0.15, -0.1) is 0 Å². The minimum Gasteiger partial charge on any atom is -0.492 e. The summed E-state index contributed by atoms with van der Waals surface area (Å²) in [6.07, 6.45) is 6.82. The zero-order chi connectivity index (χ0) is 17.2. The fourth-order valence-electron chi connectivity index (χ4n) is 3.96. The molecule has 25 heavy (non-hydrogen) atoms. The van der Waals surface area contributed by atoms with Crippen molar-refractivity contribution in [1.82, 2.24) is 14.5 Å². The molecule has 1 amide bonds. The Morgan fingerprint density at radius 2 is 2.08 bits per heavy atom. The van der Waals surface area contributed by atoms with Gasteiger partial charge in [-0.3, -0.25) is 4.79 Å². The van der Waals surface area contributed by atoms with E-state index in [4.69, 9.17) is 4.74 Å². The number of hydrogen-bond acceptors (Lipinski definition) is 3. The minimum absolute atomic E-state index is 0.0395. The van der Waals surface area contributed by atoms with E-state index in [0.717, 1.165) is 56.0 Å². The number of amides is 1. The minimum atomic E-state index is -0.0395. The van der Waals surface area contributed by atoms with Crippen molar-refractivity contribution in [2.24, 2.45) is 11.8 Å². The van der Waals surface area contributed by atoms with Crippen LogP contribution in [0.1, 0.15) is 24.2 Å². The molecule has 1 aromatic carbocycles. The largest absolute Gasteiger partial charge is 0.492 e. The molecule has 5 nitrogen and oxygen atoms in total. The predicted octanol–water partition coefficient (Wildman–Crippen LogP) is 2.68. The Morgan fingerprint density at radius 1 is 1.28 bits per heavy atom. The summed E-state index contributed by atoms with van der Waals surface area (Å²) in [5.41, 5.74) is 1.15. The number of carbonyl (C=O) groups is 1. The zero-order valence-electron chi connectivity index (χ0n) is 14.7. The first-order valence-corrected chi connectivity index (χ1v) is 9.18. The van der Waals surface area contributed by atoms with E-state index in [0.29, 0.717) is 12.5 Å². The Hall–Kier alpha value is -2.30. The molecule has 2 aliphatic rings. The van der Waals surface area contributed by atoms with Crippen molar-refractivity contribution in [2.45, 2.75) is 32.7 Å². The zero-order valence-corrected chi connectivity index (χ0v) is 14.7. The third-order valence-electron chi connectivity index (χ3n) is 5.53. The lowest BCUT2D eigenvalue weighted by Gasteiger charge is -2.35. The molecule has 0 spiro atoms. The van der Waals surface area contributed by atoms with Crippen molar-refractivity contribution in [3.8, 4) is 5.75 Å². The normalized spacial score (nSPS) is 20.8. The van der Waals surface area contributed by atoms with Crippen LogP contribution in [0.15, 0.2) is 36.7 Å². The molecule has 1 aromatic heterocycles. The number of benzene rings is 1. The maximum atomic E-state index is 12.9. The molecule has 5 heteroatoms. The highest BCUT2D eigenvalue weighted by molar-refractivity contribution is 5.80. The molecule has 0 saturated carbocycles. The molecule has 132 valence electrons. The van der Waals surface area contributed by atoms with Gasteiger partial charge in [0.05, 0.1) is 5.92 Å². The number of hydrogen-bond donors (Lipinski definition) is 0. The number of piperidine rings is 1. The Morgan fingerprint density at radius 3 is 2.84 bits per heavy atom. The third kappa shape index (κ3) is 3.41. The number of fused-ring (bicyclic) bond motifs is 1. The number of para-hydroxylation sites is 1. The molecule has 1 fully saturated rings. The molecule has 0 unspecified atom stereocenters. The molecule has 0 aliphatic carbocycles. The van der Waals surface area contributed by atoms with Gasteiger partial charge in [0.25, 0.3) is 0 Å². The van der Waals surface area contributed by atoms with Gasteiger partial charge in [0.15, 0.2) is 0 Å². The molecular weight excluding hydrogens is 314 g/mol. The average molecular weight is 339 g/mol. The number of nitrogens with zero attached hydrogens (tertiary/aromatic N) is 3. The molecule has 2 aromatic rings. The van der Waals surface area contributed by atoms with E-state index in [1.165, 1.54) is 0 Å². The second-order valence-corrected chi connectivity index (χ2v) is 7.22. The van der Waals surface area contributed by atoms with Gasteiger partial charge < -0.3 is 14.2 Å². The lowest BCUT2D eigenvalue weighted by atomic mass is 9.92. The van der Waals surface area contributed by atoms with Gasteiger partial charge >= 0.3 is 0 Å². The molecule has 0 radical (unpaired) electrons. The van der Waals surface area contributed by atoms with Crippen molar-refractivity contribution in [3.05, 3.63) is 48.0 Å². The van der Waals surface area contributed by atoms with E-state index < -0.39 is 0 Å². The summed E-state index contributed by atoms with van der Waals surface area (Å²) in [6.45, 7) is 5.27. The van der Waals surface area contributed by atoms with Gasteiger partial charge in [-0.05, 0) is 43.7 Å². The first-order valence-electron chi connectivity index (χ1n) is 9.18. The summed E-state index contributed by atoms with van der Waals surface area (Å²) in [7, 11) is 0. The summed E-state index contributed by atoms with van der Waals surface area (Å²) in [5.74, 6) is 2.84. The van der Waals surface area contributed by atoms with Crippen LogP contribution in [0, 0.1) is 18.8 Å². The molecule has 4 rings (SSSR count). The van der Waals surface area contributed by atoms with Crippen LogP contribution in [0.3, 0.4) is 0 Å². The molecular formula is C20H25N3O2. The van der Waals surface area contributed by atoms with E-state index in [9.17, 15) is 4.79 Å². The van der Waals surface area contributed by atoms with Crippen LogP contribution >= 0.6 is 0 Å². The maximum absolute atomic E-state index is 12.9. The van der Waals surface area contributed by atoms with Gasteiger partial charge in [-0.2, -0.15) is 0 Å². The maximum Gasteiger partial charge on any atom is 0.229 e. The van der Waals surface area contributed by atoms with Crippen LogP contribution in [-0.4, -0.2) is 40.1 Å². The van der Waals surface area contributed by atoms with E-state index in [-0.39, 0.29) is 11.8 Å². The third-order valence-corrected chi connectivity index (χ3v) is 5.53. The molecule has 3 heterocycles. The quantitative estimate of drug-likeness (QED) is 0.864. The standard InChI is InChI=1S/C20H25N3O2/c1-15-21-8-11-23(15)13-16-6-9-22(10-7-16)20(24)18-12-17-4-2-3-5-19(17)25-14-18/h2-5,8,11,16,18H,6-7,9-10,12-14H2,1H3/t18-/m1/s1. The Bertz CT molecular complexity index is 747. The van der Waals surface area contributed by atoms with Crippen LogP contribution in [0.25, 0.3) is 0 Å². The lowest BCUT2D eigenvalue weighted by Crippen LogP contribution is -2.45. The second kappa shape index (κ2) is 6.90. The monoisotopic (exact) mass is 339 g/mol. The second-order valence-electron chi connectivity index (χ2n) is 7.22. The fourth-order valence-corrected chi connectivity index (χ4v) is 3.96. The number of aromatic nitrogens is 2. The highest BCUT2D eigenvalue weighted by Gasteiger charge is 2.31. The first-order chi connectivity index (χ1) is 12.2. The summed E-state index contributed by atoms with van der Waals surface area (Å²) in [5, 5.41) is 0. The van der Waals surface area contributed by atoms with Gasteiger partial charge in [-0.25, -0.2) is 4.98 Å². The van der Waals surface area contributed by atoms with E-state index >= 15 is 0 Å². The highest BCUT2D eigenvalue weighted by atomic mass is 16.5. The number of rotatable bonds is 3. The smallest absolute Gasteiger partial charge is 0.229 e. The van der Waals surface area contributed by atoms with Crippen molar-refractivity contribution in [3.63, 3.8) is 0 Å². The van der Waals surface area contributed by atoms with Crippen LogP contribution < -0.4 is 4.74 Å². The summed E-state index contributed by atoms with van der Waals surface area (Å²) in [6, 6.07) is 8.04. The Kier molecular flexibility index (Phi) is 4.47. The van der Waals surface area contributed by atoms with E-state index in [2.05, 4.69) is 15.6 Å². The van der Waals surface area contributed by atoms with E-state index in [1.54, 1.807) is 0 Å². The van der Waals surface area contributed by atoms with Crippen LogP contribution in [0.4, 0.5) is 0 Å². The van der Waals surface area contributed by atoms with E-state index in [1.807, 2.05) is 42.4 Å². The molecule has 1 atom stereocenters. The SMILES string of the molecule is Cc1nccn1CC1CCN(C(=O)[C@H]2COc3ccccc3C2)CC1. The molecule has 0 N–H and O–H groups in total. The highest BCUT2D eigenvalue weighted by Crippen LogP contribution is 2.29. The van der Waals surface area contributed by atoms with Crippen molar-refractivity contribution in [2.75, 3.05) is 19.7 Å². The predicted molar refractivity (Wildman–Crippen MR) is 95.4 cm³/mol. The first kappa shape index (κ1) is 16.2. The lowest BCUT2D eigenvalue weighted by molar-refractivity contribution is -0.138. The number of ether oxygens (including phenoxy) is 1. The van der Waals surface area contributed by atoms with Crippen molar-refractivity contribution >= 4 is 5.91 Å². The summed E-state index contributed by atoms with van der Waals surface area (Å²) >= 11 is 0. The van der Waals surface area contributed by atoms with Gasteiger partial charge in [0.1, 0.15) is 18.2 Å². The Labute approximate surface area is 148 Å². The fraction of sp³-hybridized carbons (Fsp3) is 0.500. The van der Waals surface area contributed by atoms with Gasteiger partial charge in [0, 0.05) is 32.0 Å². The summed E-state index contributed by atoms with van der Waals surface area (Å²) in [4.78, 5) is 19.2. The number of carbonyl (C=O) groups excluding carboxylic acids is 1. The van der Waals surface area contributed by atoms with Crippen LogP contribution in [0.2, 0.25) is 0 Å². The molecule has 1 saturated heterocycles. The topological polar surface area (TPSA) is 47.4 Å². The van der Waals surface area contributed by atoms with Crippen LogP contribution in [0.5, 0.6) is 5.75 Å².